The molecule has 0 radical (unpaired) electrons. The molecule has 1 saturated carbocycles. The summed E-state index contributed by atoms with van der Waals surface area (Å²) in [6, 6.07) is 2.15. The molecule has 1 aromatic heterocycles. The summed E-state index contributed by atoms with van der Waals surface area (Å²) in [5.74, 6) is 0.945. The number of nitrogens with zero attached hydrogens (tertiary/aromatic N) is 2. The number of fused-ring (bicyclic) bond motifs is 1. The molecule has 2 aliphatic rings. The van der Waals surface area contributed by atoms with Crippen molar-refractivity contribution in [3.63, 3.8) is 0 Å². The van der Waals surface area contributed by atoms with Gasteiger partial charge in [0.25, 0.3) is 0 Å². The molecule has 1 fully saturated rings. The van der Waals surface area contributed by atoms with Gasteiger partial charge in [0.2, 0.25) is 0 Å². The molecule has 1 aliphatic carbocycles. The van der Waals surface area contributed by atoms with E-state index < -0.39 is 0 Å². The van der Waals surface area contributed by atoms with Gasteiger partial charge in [0.1, 0.15) is 10.8 Å². The fourth-order valence-electron chi connectivity index (χ4n) is 1.92. The first-order valence-electron chi connectivity index (χ1n) is 5.18. The summed E-state index contributed by atoms with van der Waals surface area (Å²) < 4.78 is 1.22. The Hall–Kier alpha value is -0.830. The lowest BCUT2D eigenvalue weighted by atomic mass is 10.2. The highest BCUT2D eigenvalue weighted by atomic mass is 32.1. The summed E-state index contributed by atoms with van der Waals surface area (Å²) >= 11 is 1.75. The Morgan fingerprint density at radius 1 is 1.57 bits per heavy atom. The zero-order valence-electron chi connectivity index (χ0n) is 8.31. The minimum absolute atomic E-state index is 0.397. The second-order valence-electron chi connectivity index (χ2n) is 4.26. The number of hydrogen-bond donors (Lipinski definition) is 0. The average Bonchev–Trinajstić information content (AvgIpc) is 2.85. The molecule has 74 valence electrons. The van der Waals surface area contributed by atoms with Crippen LogP contribution in [0.3, 0.4) is 0 Å². The molecule has 0 saturated heterocycles. The lowest BCUT2D eigenvalue weighted by molar-refractivity contribution is 0.325. The molecule has 14 heavy (non-hydrogen) atoms. The van der Waals surface area contributed by atoms with Crippen LogP contribution in [0.5, 0.6) is 0 Å². The standard InChI is InChI=1S/C11H14N2S/c1-13-7-9-4-5-14-11(9)12-10(13)6-8-2-3-8/h4-5,7-8,10H,2-3,6H2,1H3. The van der Waals surface area contributed by atoms with Crippen LogP contribution in [0, 0.1) is 5.92 Å². The molecular formula is C11H14N2S. The van der Waals surface area contributed by atoms with Crippen LogP contribution in [-0.2, 0) is 0 Å². The fourth-order valence-corrected chi connectivity index (χ4v) is 2.70. The van der Waals surface area contributed by atoms with Crippen molar-refractivity contribution in [3.05, 3.63) is 21.3 Å². The number of thiophene rings is 1. The lowest BCUT2D eigenvalue weighted by Gasteiger charge is -2.24. The van der Waals surface area contributed by atoms with E-state index in [4.69, 9.17) is 4.99 Å². The van der Waals surface area contributed by atoms with E-state index in [0.29, 0.717) is 6.17 Å². The van der Waals surface area contributed by atoms with Crippen molar-refractivity contribution in [2.45, 2.75) is 25.4 Å². The zero-order valence-corrected chi connectivity index (χ0v) is 9.13. The van der Waals surface area contributed by atoms with Crippen LogP contribution in [0.1, 0.15) is 19.3 Å². The predicted octanol–water partition coefficient (Wildman–Crippen LogP) is 1.18. The van der Waals surface area contributed by atoms with E-state index in [1.807, 2.05) is 0 Å². The summed E-state index contributed by atoms with van der Waals surface area (Å²) in [6.45, 7) is 0. The molecule has 0 N–H and O–H groups in total. The van der Waals surface area contributed by atoms with E-state index in [9.17, 15) is 0 Å². The molecule has 0 spiro atoms. The first-order chi connectivity index (χ1) is 6.83. The normalized spacial score (nSPS) is 25.2. The molecule has 1 aromatic rings. The highest BCUT2D eigenvalue weighted by Crippen LogP contribution is 2.34. The molecule has 1 aliphatic heterocycles. The third kappa shape index (κ3) is 1.46. The Morgan fingerprint density at radius 3 is 3.21 bits per heavy atom. The predicted molar refractivity (Wildman–Crippen MR) is 58.5 cm³/mol. The van der Waals surface area contributed by atoms with Gasteiger partial charge in [-0.15, -0.1) is 11.3 Å². The number of rotatable bonds is 2. The minimum atomic E-state index is 0.397. The summed E-state index contributed by atoms with van der Waals surface area (Å²) in [7, 11) is 2.14. The van der Waals surface area contributed by atoms with Crippen molar-refractivity contribution in [2.24, 2.45) is 10.9 Å². The molecule has 3 heteroatoms. The maximum atomic E-state index is 4.78. The van der Waals surface area contributed by atoms with Crippen LogP contribution in [0.4, 0.5) is 0 Å². The smallest absolute Gasteiger partial charge is 0.122 e. The molecule has 3 rings (SSSR count). The van der Waals surface area contributed by atoms with E-state index in [-0.39, 0.29) is 0 Å². The zero-order chi connectivity index (χ0) is 9.54. The molecule has 0 aromatic carbocycles. The van der Waals surface area contributed by atoms with Crippen LogP contribution < -0.4 is 9.89 Å². The summed E-state index contributed by atoms with van der Waals surface area (Å²) in [4.78, 5) is 7.04. The van der Waals surface area contributed by atoms with Crippen molar-refractivity contribution in [1.29, 1.82) is 0 Å². The second kappa shape index (κ2) is 3.09. The molecular weight excluding hydrogens is 192 g/mol. The van der Waals surface area contributed by atoms with Gasteiger partial charge in [-0.3, -0.25) is 0 Å². The molecule has 1 atom stereocenters. The van der Waals surface area contributed by atoms with Crippen molar-refractivity contribution in [3.8, 4) is 0 Å². The Morgan fingerprint density at radius 2 is 2.43 bits per heavy atom. The van der Waals surface area contributed by atoms with Gasteiger partial charge in [-0.05, 0) is 23.8 Å². The third-order valence-electron chi connectivity index (χ3n) is 2.99. The van der Waals surface area contributed by atoms with Crippen LogP contribution in [0.25, 0.3) is 6.20 Å². The van der Waals surface area contributed by atoms with Gasteiger partial charge in [-0.2, -0.15) is 0 Å². The van der Waals surface area contributed by atoms with Crippen molar-refractivity contribution >= 4 is 17.5 Å². The van der Waals surface area contributed by atoms with Crippen LogP contribution >= 0.6 is 11.3 Å². The third-order valence-corrected chi connectivity index (χ3v) is 3.83. The Bertz CT molecular complexity index is 444. The Kier molecular flexibility index (Phi) is 1.87. The van der Waals surface area contributed by atoms with Gasteiger partial charge in [0.05, 0.1) is 0 Å². The van der Waals surface area contributed by atoms with Gasteiger partial charge in [0.15, 0.2) is 0 Å². The minimum Gasteiger partial charge on any atom is -0.358 e. The monoisotopic (exact) mass is 206 g/mol. The average molecular weight is 206 g/mol. The van der Waals surface area contributed by atoms with Gasteiger partial charge in [-0.25, -0.2) is 4.99 Å². The molecule has 0 bridgehead atoms. The van der Waals surface area contributed by atoms with Crippen LogP contribution in [0.2, 0.25) is 0 Å². The largest absolute Gasteiger partial charge is 0.358 e. The molecule has 2 nitrogen and oxygen atoms in total. The maximum Gasteiger partial charge on any atom is 0.122 e. The highest BCUT2D eigenvalue weighted by molar-refractivity contribution is 7.07. The van der Waals surface area contributed by atoms with Crippen LogP contribution in [-0.4, -0.2) is 18.1 Å². The SMILES string of the molecule is CN1C=c2ccsc2=NC1CC1CC1. The summed E-state index contributed by atoms with van der Waals surface area (Å²) in [6.07, 6.45) is 6.69. The van der Waals surface area contributed by atoms with Gasteiger partial charge in [0, 0.05) is 18.5 Å². The van der Waals surface area contributed by atoms with Crippen molar-refractivity contribution in [1.82, 2.24) is 4.90 Å². The topological polar surface area (TPSA) is 15.6 Å². The van der Waals surface area contributed by atoms with E-state index >= 15 is 0 Å². The Balaban J connectivity index is 1.94. The van der Waals surface area contributed by atoms with Crippen molar-refractivity contribution in [2.75, 3.05) is 7.05 Å². The molecule has 2 heterocycles. The van der Waals surface area contributed by atoms with E-state index in [0.717, 1.165) is 5.92 Å². The van der Waals surface area contributed by atoms with Gasteiger partial charge < -0.3 is 4.90 Å². The maximum absolute atomic E-state index is 4.78. The first-order valence-corrected chi connectivity index (χ1v) is 6.06. The quantitative estimate of drug-likeness (QED) is 0.709. The van der Waals surface area contributed by atoms with Crippen LogP contribution in [0.15, 0.2) is 16.4 Å². The van der Waals surface area contributed by atoms with E-state index in [1.165, 1.54) is 29.2 Å². The van der Waals surface area contributed by atoms with E-state index in [1.54, 1.807) is 11.3 Å². The van der Waals surface area contributed by atoms with E-state index in [2.05, 4.69) is 29.6 Å². The fraction of sp³-hybridized carbons (Fsp3) is 0.545. The molecule has 0 amide bonds. The van der Waals surface area contributed by atoms with Crippen molar-refractivity contribution < 1.29 is 0 Å². The second-order valence-corrected chi connectivity index (χ2v) is 5.16. The lowest BCUT2D eigenvalue weighted by Crippen LogP contribution is -2.37. The first kappa shape index (κ1) is 8.48. The van der Waals surface area contributed by atoms with Gasteiger partial charge >= 0.3 is 0 Å². The molecule has 1 unspecified atom stereocenters. The summed E-state index contributed by atoms with van der Waals surface area (Å²) in [5, 5.41) is 3.41. The van der Waals surface area contributed by atoms with Gasteiger partial charge in [-0.1, -0.05) is 12.8 Å². The number of hydrogen-bond acceptors (Lipinski definition) is 3. The highest BCUT2D eigenvalue weighted by Gasteiger charge is 2.27. The Labute approximate surface area is 87.6 Å². The summed E-state index contributed by atoms with van der Waals surface area (Å²) in [5.41, 5.74) is 0.